The Balaban J connectivity index is 1.57. The van der Waals surface area contributed by atoms with Crippen LogP contribution in [0, 0.1) is 0 Å². The summed E-state index contributed by atoms with van der Waals surface area (Å²) in [4.78, 5) is 15.8. The van der Waals surface area contributed by atoms with Gasteiger partial charge in [0, 0.05) is 17.1 Å². The molecule has 10 atom stereocenters. The number of fused-ring (bicyclic) bond motifs is 1. The van der Waals surface area contributed by atoms with Gasteiger partial charge in [-0.2, -0.15) is 0 Å². The number of carbonyl (C=O) groups is 1. The second kappa shape index (κ2) is 10.2. The normalized spacial score (nSPS) is 38.7. The lowest BCUT2D eigenvalue weighted by molar-refractivity contribution is -0.360. The van der Waals surface area contributed by atoms with Crippen LogP contribution >= 0.6 is 0 Å². The molecule has 4 rings (SSSR count). The topological polar surface area (TPSA) is 211 Å². The Bertz CT molecular complexity index is 982. The van der Waals surface area contributed by atoms with Gasteiger partial charge >= 0.3 is 5.97 Å². The first-order valence-electron chi connectivity index (χ1n) is 10.6. The number of para-hydroxylation sites is 1. The summed E-state index contributed by atoms with van der Waals surface area (Å²) < 4.78 is 21.7. The predicted octanol–water partition coefficient (Wildman–Crippen LogP) is -3.05. The highest BCUT2D eigenvalue weighted by Crippen LogP contribution is 2.30. The number of H-pyrrole nitrogens is 1. The van der Waals surface area contributed by atoms with Gasteiger partial charge in [0.05, 0.1) is 18.8 Å². The summed E-state index contributed by atoms with van der Waals surface area (Å²) in [5.74, 6) is -0.870. The van der Waals surface area contributed by atoms with Crippen LogP contribution in [0.15, 0.2) is 30.5 Å². The van der Waals surface area contributed by atoms with E-state index in [1.54, 1.807) is 24.3 Å². The molecule has 8 N–H and O–H groups in total. The lowest BCUT2D eigenvalue weighted by Crippen LogP contribution is -2.64. The molecule has 0 amide bonds. The minimum absolute atomic E-state index is 0.145. The molecular weight excluding hydrogens is 458 g/mol. The number of carbonyl (C=O) groups excluding carboxylic acids is 1. The Labute approximate surface area is 192 Å². The molecule has 0 radical (unpaired) electrons. The third-order valence-corrected chi connectivity index (χ3v) is 6.00. The summed E-state index contributed by atoms with van der Waals surface area (Å²) in [6.45, 7) is -1.44. The van der Waals surface area contributed by atoms with E-state index >= 15 is 0 Å². The van der Waals surface area contributed by atoms with Crippen LogP contribution in [-0.2, 0) is 18.9 Å². The fraction of sp³-hybridized carbons (Fsp3) is 0.571. The molecule has 2 saturated heterocycles. The smallest absolute Gasteiger partial charge is 0.342 e. The summed E-state index contributed by atoms with van der Waals surface area (Å²) in [5, 5.41) is 70.5. The van der Waals surface area contributed by atoms with E-state index in [2.05, 4.69) is 4.98 Å². The highest BCUT2D eigenvalue weighted by atomic mass is 16.8. The van der Waals surface area contributed by atoms with Gasteiger partial charge in [0.25, 0.3) is 0 Å². The lowest BCUT2D eigenvalue weighted by Gasteiger charge is -2.45. The highest BCUT2D eigenvalue weighted by Gasteiger charge is 2.51. The number of aliphatic hydroxyl groups is 7. The summed E-state index contributed by atoms with van der Waals surface area (Å²) in [6, 6.07) is 6.92. The maximum absolute atomic E-state index is 12.9. The van der Waals surface area contributed by atoms with E-state index in [1.165, 1.54) is 6.20 Å². The molecule has 1 aromatic heterocycles. The van der Waals surface area contributed by atoms with Crippen molar-refractivity contribution >= 4 is 16.9 Å². The van der Waals surface area contributed by atoms with Crippen LogP contribution in [0.1, 0.15) is 10.4 Å². The Kier molecular flexibility index (Phi) is 7.49. The summed E-state index contributed by atoms with van der Waals surface area (Å²) in [6.07, 6.45) is -14.9. The first-order valence-corrected chi connectivity index (χ1v) is 10.6. The van der Waals surface area contributed by atoms with Crippen molar-refractivity contribution in [3.63, 3.8) is 0 Å². The average molecular weight is 485 g/mol. The second-order valence-electron chi connectivity index (χ2n) is 8.16. The summed E-state index contributed by atoms with van der Waals surface area (Å²) in [5.41, 5.74) is 0.809. The predicted molar refractivity (Wildman–Crippen MR) is 110 cm³/mol. The fourth-order valence-electron chi connectivity index (χ4n) is 4.04. The van der Waals surface area contributed by atoms with E-state index in [9.17, 15) is 40.5 Å². The molecule has 0 aliphatic carbocycles. The third kappa shape index (κ3) is 4.55. The van der Waals surface area contributed by atoms with Gasteiger partial charge in [-0.25, -0.2) is 4.79 Å². The SMILES string of the molecule is O=C(O[C@@H]1O[C@H](CO)[C@@H](O)[C@H](O)[C@H]1O[C@@H]1O[C@H](CO)[C@@H](O)[C@H](O)[C@H]1O)c1c[nH]c2ccccc12. The van der Waals surface area contributed by atoms with E-state index in [-0.39, 0.29) is 5.56 Å². The van der Waals surface area contributed by atoms with Crippen LogP contribution in [0.4, 0.5) is 0 Å². The number of esters is 1. The first kappa shape index (κ1) is 24.9. The monoisotopic (exact) mass is 485 g/mol. The van der Waals surface area contributed by atoms with Crippen LogP contribution in [0.2, 0.25) is 0 Å². The molecule has 3 heterocycles. The molecule has 0 bridgehead atoms. The van der Waals surface area contributed by atoms with Gasteiger partial charge in [-0.1, -0.05) is 18.2 Å². The van der Waals surface area contributed by atoms with E-state index < -0.39 is 80.6 Å². The number of benzene rings is 1. The number of nitrogens with one attached hydrogen (secondary N) is 1. The molecule has 13 nitrogen and oxygen atoms in total. The average Bonchev–Trinajstić information content (AvgIpc) is 3.28. The van der Waals surface area contributed by atoms with Crippen LogP contribution in [0.5, 0.6) is 0 Å². The van der Waals surface area contributed by atoms with Gasteiger partial charge < -0.3 is 59.7 Å². The molecule has 2 fully saturated rings. The van der Waals surface area contributed by atoms with Gasteiger partial charge in [-0.05, 0) is 6.07 Å². The van der Waals surface area contributed by atoms with Gasteiger partial charge in [-0.15, -0.1) is 0 Å². The standard InChI is InChI=1S/C21H27NO12/c23-6-11-13(25)15(27)17(29)20(31-11)33-18-16(28)14(26)12(7-24)32-21(18)34-19(30)9-5-22-10-4-2-1-3-8(9)10/h1-5,11-18,20-29H,6-7H2/t11-,12-,13-,14-,15+,16+,17-,18-,20+,21+/m1/s1. The Morgan fingerprint density at radius 2 is 1.47 bits per heavy atom. The minimum Gasteiger partial charge on any atom is -0.429 e. The van der Waals surface area contributed by atoms with Gasteiger partial charge in [0.1, 0.15) is 42.7 Å². The summed E-state index contributed by atoms with van der Waals surface area (Å²) in [7, 11) is 0. The molecule has 0 unspecified atom stereocenters. The molecule has 13 heteroatoms. The van der Waals surface area contributed by atoms with Crippen molar-refractivity contribution in [2.75, 3.05) is 13.2 Å². The number of aromatic amines is 1. The van der Waals surface area contributed by atoms with Gasteiger partial charge in [0.2, 0.25) is 6.29 Å². The van der Waals surface area contributed by atoms with Crippen LogP contribution in [0.25, 0.3) is 10.9 Å². The van der Waals surface area contributed by atoms with E-state index in [0.717, 1.165) is 0 Å². The number of aromatic nitrogens is 1. The number of hydrogen-bond acceptors (Lipinski definition) is 12. The third-order valence-electron chi connectivity index (χ3n) is 6.00. The molecule has 2 aliphatic heterocycles. The largest absolute Gasteiger partial charge is 0.429 e. The lowest BCUT2D eigenvalue weighted by atomic mass is 9.97. The highest BCUT2D eigenvalue weighted by molar-refractivity contribution is 6.04. The molecule has 1 aromatic carbocycles. The van der Waals surface area contributed by atoms with Crippen molar-refractivity contribution in [2.45, 2.75) is 61.4 Å². The zero-order chi connectivity index (χ0) is 24.6. The van der Waals surface area contributed by atoms with Crippen LogP contribution in [-0.4, -0.2) is 121 Å². The molecule has 34 heavy (non-hydrogen) atoms. The van der Waals surface area contributed by atoms with Crippen molar-refractivity contribution in [1.29, 1.82) is 0 Å². The number of aliphatic hydroxyl groups excluding tert-OH is 7. The maximum Gasteiger partial charge on any atom is 0.342 e. The minimum atomic E-state index is -1.82. The van der Waals surface area contributed by atoms with Crippen molar-refractivity contribution in [3.05, 3.63) is 36.0 Å². The van der Waals surface area contributed by atoms with E-state index in [4.69, 9.17) is 18.9 Å². The molecular formula is C21H27NO12. The quantitative estimate of drug-likeness (QED) is 0.192. The van der Waals surface area contributed by atoms with E-state index in [0.29, 0.717) is 10.9 Å². The molecule has 188 valence electrons. The Hall–Kier alpha value is -2.17. The zero-order valence-corrected chi connectivity index (χ0v) is 17.7. The van der Waals surface area contributed by atoms with Crippen molar-refractivity contribution in [1.82, 2.24) is 4.98 Å². The number of rotatable bonds is 6. The fourth-order valence-corrected chi connectivity index (χ4v) is 4.04. The second-order valence-corrected chi connectivity index (χ2v) is 8.16. The number of hydrogen-bond donors (Lipinski definition) is 8. The molecule has 2 aromatic rings. The first-order chi connectivity index (χ1) is 16.3. The zero-order valence-electron chi connectivity index (χ0n) is 17.7. The van der Waals surface area contributed by atoms with E-state index in [1.807, 2.05) is 0 Å². The summed E-state index contributed by atoms with van der Waals surface area (Å²) >= 11 is 0. The molecule has 0 saturated carbocycles. The molecule has 2 aliphatic rings. The Morgan fingerprint density at radius 3 is 2.15 bits per heavy atom. The van der Waals surface area contributed by atoms with Crippen LogP contribution < -0.4 is 0 Å². The van der Waals surface area contributed by atoms with Crippen molar-refractivity contribution in [3.8, 4) is 0 Å². The van der Waals surface area contributed by atoms with Crippen molar-refractivity contribution in [2.24, 2.45) is 0 Å². The van der Waals surface area contributed by atoms with Gasteiger partial charge in [-0.3, -0.25) is 0 Å². The van der Waals surface area contributed by atoms with Crippen molar-refractivity contribution < 1.29 is 59.5 Å². The molecule has 0 spiro atoms. The maximum atomic E-state index is 12.9. The van der Waals surface area contributed by atoms with Gasteiger partial charge in [0.15, 0.2) is 12.4 Å². The van der Waals surface area contributed by atoms with Crippen LogP contribution in [0.3, 0.4) is 0 Å². The number of ether oxygens (including phenoxy) is 4. The Morgan fingerprint density at radius 1 is 0.853 bits per heavy atom.